The van der Waals surface area contributed by atoms with Crippen LogP contribution in [0.25, 0.3) is 0 Å². The predicted octanol–water partition coefficient (Wildman–Crippen LogP) is 5.68. The third kappa shape index (κ3) is 5.06. The molecule has 2 rings (SSSR count). The molecule has 2 aliphatic rings. The highest BCUT2D eigenvalue weighted by Gasteiger charge is 2.32. The molecule has 2 fully saturated rings. The topological polar surface area (TPSA) is 12.0 Å². The van der Waals surface area contributed by atoms with E-state index in [-0.39, 0.29) is 0 Å². The van der Waals surface area contributed by atoms with Crippen LogP contribution in [-0.4, -0.2) is 12.1 Å². The Kier molecular flexibility index (Phi) is 7.41. The van der Waals surface area contributed by atoms with E-state index in [2.05, 4.69) is 19.2 Å². The SMILES string of the molecule is CCCCCC(C)NC1CCCCC1C1CCCCC1. The smallest absolute Gasteiger partial charge is 0.0100 e. The number of hydrogen-bond donors (Lipinski definition) is 1. The molecule has 1 heteroatoms. The molecule has 0 heterocycles. The quantitative estimate of drug-likeness (QED) is 0.591. The maximum Gasteiger partial charge on any atom is 0.0100 e. The zero-order chi connectivity index (χ0) is 14.2. The molecule has 118 valence electrons. The van der Waals surface area contributed by atoms with Crippen LogP contribution in [0.1, 0.15) is 97.3 Å². The second kappa shape index (κ2) is 9.07. The first-order chi connectivity index (χ1) is 9.81. The fourth-order valence-electron chi connectivity index (χ4n) is 4.64. The lowest BCUT2D eigenvalue weighted by Crippen LogP contribution is -2.46. The van der Waals surface area contributed by atoms with Crippen molar-refractivity contribution in [2.45, 2.75) is 109 Å². The molecule has 1 N–H and O–H groups in total. The van der Waals surface area contributed by atoms with Gasteiger partial charge in [0.15, 0.2) is 0 Å². The van der Waals surface area contributed by atoms with E-state index in [9.17, 15) is 0 Å². The molecule has 20 heavy (non-hydrogen) atoms. The van der Waals surface area contributed by atoms with E-state index in [0.29, 0.717) is 0 Å². The van der Waals surface area contributed by atoms with E-state index in [4.69, 9.17) is 0 Å². The van der Waals surface area contributed by atoms with Crippen molar-refractivity contribution >= 4 is 0 Å². The van der Waals surface area contributed by atoms with Gasteiger partial charge >= 0.3 is 0 Å². The lowest BCUT2D eigenvalue weighted by molar-refractivity contribution is 0.142. The van der Waals surface area contributed by atoms with Gasteiger partial charge in [0, 0.05) is 12.1 Å². The molecule has 0 spiro atoms. The summed E-state index contributed by atoms with van der Waals surface area (Å²) >= 11 is 0. The van der Waals surface area contributed by atoms with Gasteiger partial charge in [-0.15, -0.1) is 0 Å². The maximum absolute atomic E-state index is 4.03. The van der Waals surface area contributed by atoms with Crippen LogP contribution in [-0.2, 0) is 0 Å². The van der Waals surface area contributed by atoms with E-state index in [0.717, 1.165) is 23.9 Å². The molecular weight excluding hydrogens is 242 g/mol. The van der Waals surface area contributed by atoms with Gasteiger partial charge in [-0.2, -0.15) is 0 Å². The van der Waals surface area contributed by atoms with Gasteiger partial charge in [0.25, 0.3) is 0 Å². The molecule has 1 nitrogen and oxygen atoms in total. The first kappa shape index (κ1) is 16.3. The molecular formula is C19H37N. The summed E-state index contributed by atoms with van der Waals surface area (Å²) in [5, 5.41) is 4.03. The summed E-state index contributed by atoms with van der Waals surface area (Å²) in [7, 11) is 0. The second-order valence-corrected chi connectivity index (χ2v) is 7.52. The fraction of sp³-hybridized carbons (Fsp3) is 1.00. The molecule has 0 aromatic heterocycles. The maximum atomic E-state index is 4.03. The zero-order valence-corrected chi connectivity index (χ0v) is 14.0. The van der Waals surface area contributed by atoms with Gasteiger partial charge in [0.05, 0.1) is 0 Å². The molecule has 0 aromatic rings. The predicted molar refractivity (Wildman–Crippen MR) is 89.1 cm³/mol. The Bertz CT molecular complexity index is 244. The number of nitrogens with one attached hydrogen (secondary N) is 1. The minimum absolute atomic E-state index is 0.732. The Hall–Kier alpha value is -0.0400. The van der Waals surface area contributed by atoms with Gasteiger partial charge in [-0.1, -0.05) is 71.1 Å². The Morgan fingerprint density at radius 3 is 2.35 bits per heavy atom. The highest BCUT2D eigenvalue weighted by molar-refractivity contribution is 4.88. The Balaban J connectivity index is 1.79. The third-order valence-electron chi connectivity index (χ3n) is 5.81. The van der Waals surface area contributed by atoms with E-state index in [1.807, 2.05) is 0 Å². The van der Waals surface area contributed by atoms with Crippen LogP contribution in [0.5, 0.6) is 0 Å². The molecule has 0 bridgehead atoms. The van der Waals surface area contributed by atoms with Gasteiger partial charge in [-0.05, 0) is 38.0 Å². The van der Waals surface area contributed by atoms with Crippen molar-refractivity contribution in [3.63, 3.8) is 0 Å². The van der Waals surface area contributed by atoms with Crippen molar-refractivity contribution in [3.05, 3.63) is 0 Å². The van der Waals surface area contributed by atoms with Crippen LogP contribution in [0.2, 0.25) is 0 Å². The van der Waals surface area contributed by atoms with Gasteiger partial charge in [-0.25, -0.2) is 0 Å². The van der Waals surface area contributed by atoms with Crippen LogP contribution in [0.3, 0.4) is 0 Å². The van der Waals surface area contributed by atoms with Crippen molar-refractivity contribution in [3.8, 4) is 0 Å². The van der Waals surface area contributed by atoms with Gasteiger partial charge in [-0.3, -0.25) is 0 Å². The highest BCUT2D eigenvalue weighted by Crippen LogP contribution is 2.38. The molecule has 0 amide bonds. The lowest BCUT2D eigenvalue weighted by Gasteiger charge is -2.40. The largest absolute Gasteiger partial charge is 0.311 e. The minimum Gasteiger partial charge on any atom is -0.311 e. The van der Waals surface area contributed by atoms with E-state index in [1.54, 1.807) is 0 Å². The molecule has 2 saturated carbocycles. The average Bonchev–Trinajstić information content (AvgIpc) is 2.49. The minimum atomic E-state index is 0.732. The molecule has 0 saturated heterocycles. The van der Waals surface area contributed by atoms with Gasteiger partial charge < -0.3 is 5.32 Å². The van der Waals surface area contributed by atoms with Crippen LogP contribution in [0.15, 0.2) is 0 Å². The molecule has 3 unspecified atom stereocenters. The molecule has 0 radical (unpaired) electrons. The summed E-state index contributed by atoms with van der Waals surface area (Å²) in [5.74, 6) is 2.04. The molecule has 0 aromatic carbocycles. The summed E-state index contributed by atoms with van der Waals surface area (Å²) < 4.78 is 0. The van der Waals surface area contributed by atoms with Crippen molar-refractivity contribution in [1.29, 1.82) is 0 Å². The van der Waals surface area contributed by atoms with Crippen molar-refractivity contribution in [1.82, 2.24) is 5.32 Å². The average molecular weight is 280 g/mol. The standard InChI is InChI=1S/C19H37N/c1-3-4-6-11-16(2)20-19-15-10-9-14-18(19)17-12-7-5-8-13-17/h16-20H,3-15H2,1-2H3. The normalized spacial score (nSPS) is 30.3. The summed E-state index contributed by atoms with van der Waals surface area (Å²) in [6.07, 6.45) is 19.0. The Morgan fingerprint density at radius 1 is 0.900 bits per heavy atom. The monoisotopic (exact) mass is 279 g/mol. The lowest BCUT2D eigenvalue weighted by atomic mass is 9.71. The summed E-state index contributed by atoms with van der Waals surface area (Å²) in [6.45, 7) is 4.72. The van der Waals surface area contributed by atoms with E-state index < -0.39 is 0 Å². The van der Waals surface area contributed by atoms with Crippen molar-refractivity contribution < 1.29 is 0 Å². The van der Waals surface area contributed by atoms with Crippen LogP contribution < -0.4 is 5.32 Å². The molecule has 0 aliphatic heterocycles. The highest BCUT2D eigenvalue weighted by atomic mass is 15.0. The molecule has 3 atom stereocenters. The zero-order valence-electron chi connectivity index (χ0n) is 14.0. The van der Waals surface area contributed by atoms with Crippen LogP contribution in [0.4, 0.5) is 0 Å². The van der Waals surface area contributed by atoms with Gasteiger partial charge in [0.2, 0.25) is 0 Å². The number of hydrogen-bond acceptors (Lipinski definition) is 1. The van der Waals surface area contributed by atoms with Gasteiger partial charge in [0.1, 0.15) is 0 Å². The number of unbranched alkanes of at least 4 members (excludes halogenated alkanes) is 2. The fourth-order valence-corrected chi connectivity index (χ4v) is 4.64. The Morgan fingerprint density at radius 2 is 1.60 bits per heavy atom. The van der Waals surface area contributed by atoms with Crippen molar-refractivity contribution in [2.24, 2.45) is 11.8 Å². The second-order valence-electron chi connectivity index (χ2n) is 7.52. The Labute approximate surface area is 127 Å². The third-order valence-corrected chi connectivity index (χ3v) is 5.81. The van der Waals surface area contributed by atoms with E-state index >= 15 is 0 Å². The first-order valence-electron chi connectivity index (χ1n) is 9.57. The summed E-state index contributed by atoms with van der Waals surface area (Å²) in [4.78, 5) is 0. The van der Waals surface area contributed by atoms with Crippen LogP contribution >= 0.6 is 0 Å². The molecule has 2 aliphatic carbocycles. The van der Waals surface area contributed by atoms with Crippen molar-refractivity contribution in [2.75, 3.05) is 0 Å². The van der Waals surface area contributed by atoms with Crippen LogP contribution in [0, 0.1) is 11.8 Å². The summed E-state index contributed by atoms with van der Waals surface area (Å²) in [5.41, 5.74) is 0. The number of rotatable bonds is 7. The van der Waals surface area contributed by atoms with E-state index in [1.165, 1.54) is 83.5 Å². The summed E-state index contributed by atoms with van der Waals surface area (Å²) in [6, 6.07) is 1.57. The first-order valence-corrected chi connectivity index (χ1v) is 9.57.